The van der Waals surface area contributed by atoms with Crippen molar-refractivity contribution in [2.24, 2.45) is 0 Å². The number of fused-ring (bicyclic) bond motifs is 1. The zero-order valence-corrected chi connectivity index (χ0v) is 7.32. The molecule has 0 saturated carbocycles. The molecule has 0 radical (unpaired) electrons. The lowest BCUT2D eigenvalue weighted by Gasteiger charge is -2.02. The number of halogens is 1. The van der Waals surface area contributed by atoms with Gasteiger partial charge >= 0.3 is 5.97 Å². The average Bonchev–Trinajstić information content (AvgIpc) is 2.64. The molecule has 1 aromatic rings. The maximum Gasteiger partial charge on any atom is 0.377 e. The van der Waals surface area contributed by atoms with E-state index in [0.717, 1.165) is 6.07 Å². The second-order valence-electron chi connectivity index (χ2n) is 2.79. The van der Waals surface area contributed by atoms with Gasteiger partial charge in [-0.15, -0.1) is 0 Å². The number of Topliss-reactive ketones (excluding diaryl/α,β-unsaturated/α-hetero) is 1. The molecule has 15 heavy (non-hydrogen) atoms. The van der Waals surface area contributed by atoms with Crippen LogP contribution in [0.2, 0.25) is 0 Å². The minimum atomic E-state index is -1.74. The molecule has 1 heterocycles. The topological polar surface area (TPSA) is 72.8 Å². The molecule has 0 amide bonds. The van der Waals surface area contributed by atoms with Gasteiger partial charge in [-0.2, -0.15) is 0 Å². The predicted octanol–water partition coefficient (Wildman–Crippen LogP) is 0.822. The van der Waals surface area contributed by atoms with Gasteiger partial charge in [0.1, 0.15) is 11.4 Å². The quantitative estimate of drug-likeness (QED) is 0.580. The molecule has 1 aliphatic heterocycles. The Labute approximate surface area is 83.0 Å². The summed E-state index contributed by atoms with van der Waals surface area (Å²) in [6, 6.07) is 2.24. The van der Waals surface area contributed by atoms with Crippen molar-refractivity contribution in [3.63, 3.8) is 0 Å². The van der Waals surface area contributed by atoms with Crippen LogP contribution in [0, 0.1) is 5.82 Å². The van der Waals surface area contributed by atoms with Gasteiger partial charge in [-0.05, 0) is 12.1 Å². The first kappa shape index (κ1) is 9.45. The van der Waals surface area contributed by atoms with E-state index in [4.69, 9.17) is 14.6 Å². The number of ketones is 1. The van der Waals surface area contributed by atoms with E-state index in [-0.39, 0.29) is 18.3 Å². The molecule has 1 aromatic carbocycles. The minimum absolute atomic E-state index is 0.151. The summed E-state index contributed by atoms with van der Waals surface area (Å²) in [6.07, 6.45) is 0. The third kappa shape index (κ3) is 1.39. The van der Waals surface area contributed by atoms with E-state index >= 15 is 0 Å². The number of carboxylic acid groups (broad SMARTS) is 1. The highest BCUT2D eigenvalue weighted by Crippen LogP contribution is 2.37. The fourth-order valence-electron chi connectivity index (χ4n) is 1.27. The lowest BCUT2D eigenvalue weighted by Crippen LogP contribution is -2.15. The highest BCUT2D eigenvalue weighted by atomic mass is 19.1. The zero-order chi connectivity index (χ0) is 11.0. The van der Waals surface area contributed by atoms with Crippen LogP contribution in [0.4, 0.5) is 4.39 Å². The Morgan fingerprint density at radius 1 is 1.33 bits per heavy atom. The Kier molecular flexibility index (Phi) is 2.03. The normalized spacial score (nSPS) is 12.6. The maximum absolute atomic E-state index is 13.2. The molecule has 0 atom stereocenters. The molecule has 0 unspecified atom stereocenters. The van der Waals surface area contributed by atoms with Crippen molar-refractivity contribution in [3.05, 3.63) is 23.5 Å². The number of rotatable bonds is 2. The average molecular weight is 212 g/mol. The van der Waals surface area contributed by atoms with E-state index in [1.807, 2.05) is 0 Å². The van der Waals surface area contributed by atoms with Gasteiger partial charge in [0.05, 0.1) is 0 Å². The van der Waals surface area contributed by atoms with Crippen molar-refractivity contribution in [1.29, 1.82) is 0 Å². The van der Waals surface area contributed by atoms with E-state index in [2.05, 4.69) is 0 Å². The molecule has 6 heteroatoms. The molecule has 0 aliphatic carbocycles. The van der Waals surface area contributed by atoms with Gasteiger partial charge in [0.25, 0.3) is 5.78 Å². The van der Waals surface area contributed by atoms with Crippen LogP contribution in [-0.4, -0.2) is 23.7 Å². The van der Waals surface area contributed by atoms with Crippen molar-refractivity contribution in [3.8, 4) is 11.5 Å². The van der Waals surface area contributed by atoms with E-state index < -0.39 is 23.1 Å². The van der Waals surface area contributed by atoms with Crippen LogP contribution in [0.25, 0.3) is 0 Å². The molecule has 0 aromatic heterocycles. The van der Waals surface area contributed by atoms with E-state index in [1.165, 1.54) is 6.07 Å². The molecule has 1 aliphatic rings. The Morgan fingerprint density at radius 2 is 2.07 bits per heavy atom. The van der Waals surface area contributed by atoms with Crippen LogP contribution in [0.1, 0.15) is 10.4 Å². The Balaban J connectivity index is 2.60. The largest absolute Gasteiger partial charge is 0.475 e. The molecule has 2 rings (SSSR count). The summed E-state index contributed by atoms with van der Waals surface area (Å²) in [4.78, 5) is 21.6. The van der Waals surface area contributed by atoms with Crippen molar-refractivity contribution in [1.82, 2.24) is 0 Å². The Morgan fingerprint density at radius 3 is 2.73 bits per heavy atom. The van der Waals surface area contributed by atoms with Crippen LogP contribution < -0.4 is 9.47 Å². The molecule has 1 N–H and O–H groups in total. The van der Waals surface area contributed by atoms with E-state index in [0.29, 0.717) is 0 Å². The number of carbonyl (C=O) groups excluding carboxylic acids is 1. The number of ether oxygens (including phenoxy) is 2. The van der Waals surface area contributed by atoms with Crippen molar-refractivity contribution in [2.45, 2.75) is 0 Å². The van der Waals surface area contributed by atoms with Gasteiger partial charge in [-0.25, -0.2) is 9.18 Å². The molecular weight excluding hydrogens is 207 g/mol. The smallest absolute Gasteiger partial charge is 0.377 e. The van der Waals surface area contributed by atoms with Crippen molar-refractivity contribution < 1.29 is 28.6 Å². The van der Waals surface area contributed by atoms with Crippen LogP contribution in [0.3, 0.4) is 0 Å². The standard InChI is InChI=1S/C9H5FO5/c10-4-1-2-5-8(15-3-14-5)6(4)7(11)9(12)13/h1-2H,3H2,(H,12,13). The molecule has 0 saturated heterocycles. The Hall–Kier alpha value is -2.11. The first-order valence-electron chi connectivity index (χ1n) is 3.97. The van der Waals surface area contributed by atoms with Crippen LogP contribution in [0.5, 0.6) is 11.5 Å². The molecular formula is C9H5FO5. The van der Waals surface area contributed by atoms with Gasteiger partial charge in [0.15, 0.2) is 11.5 Å². The first-order chi connectivity index (χ1) is 7.11. The summed E-state index contributed by atoms with van der Waals surface area (Å²) in [5, 5.41) is 8.48. The maximum atomic E-state index is 13.2. The number of hydrogen-bond donors (Lipinski definition) is 1. The van der Waals surface area contributed by atoms with Crippen LogP contribution in [-0.2, 0) is 4.79 Å². The van der Waals surface area contributed by atoms with E-state index in [9.17, 15) is 14.0 Å². The summed E-state index contributed by atoms with van der Waals surface area (Å²) >= 11 is 0. The monoisotopic (exact) mass is 212 g/mol. The summed E-state index contributed by atoms with van der Waals surface area (Å²) in [7, 11) is 0. The number of carboxylic acids is 1. The van der Waals surface area contributed by atoms with E-state index in [1.54, 1.807) is 0 Å². The number of benzene rings is 1. The lowest BCUT2D eigenvalue weighted by molar-refractivity contribution is -0.131. The second-order valence-corrected chi connectivity index (χ2v) is 2.79. The number of aliphatic carboxylic acids is 1. The molecule has 5 nitrogen and oxygen atoms in total. The fraction of sp³-hybridized carbons (Fsp3) is 0.111. The third-order valence-corrected chi connectivity index (χ3v) is 1.91. The molecule has 0 spiro atoms. The number of carbonyl (C=O) groups is 2. The Bertz CT molecular complexity index is 454. The SMILES string of the molecule is O=C(O)C(=O)c1c(F)ccc2c1OCO2. The molecule has 78 valence electrons. The third-order valence-electron chi connectivity index (χ3n) is 1.91. The van der Waals surface area contributed by atoms with Gasteiger partial charge < -0.3 is 14.6 Å². The zero-order valence-electron chi connectivity index (χ0n) is 7.32. The highest BCUT2D eigenvalue weighted by Gasteiger charge is 2.29. The van der Waals surface area contributed by atoms with Crippen LogP contribution >= 0.6 is 0 Å². The second kappa shape index (κ2) is 3.23. The number of hydrogen-bond acceptors (Lipinski definition) is 4. The lowest BCUT2D eigenvalue weighted by atomic mass is 10.1. The van der Waals surface area contributed by atoms with Crippen molar-refractivity contribution >= 4 is 11.8 Å². The summed E-state index contributed by atoms with van der Waals surface area (Å²) in [5.41, 5.74) is -0.600. The van der Waals surface area contributed by atoms with Gasteiger partial charge in [0, 0.05) is 0 Å². The van der Waals surface area contributed by atoms with Crippen molar-refractivity contribution in [2.75, 3.05) is 6.79 Å². The van der Waals surface area contributed by atoms with Gasteiger partial charge in [0.2, 0.25) is 6.79 Å². The first-order valence-corrected chi connectivity index (χ1v) is 3.97. The fourth-order valence-corrected chi connectivity index (χ4v) is 1.27. The van der Waals surface area contributed by atoms with Gasteiger partial charge in [-0.3, -0.25) is 4.79 Å². The minimum Gasteiger partial charge on any atom is -0.475 e. The molecule has 0 bridgehead atoms. The summed E-state index contributed by atoms with van der Waals surface area (Å²) in [5.74, 6) is -4.01. The van der Waals surface area contributed by atoms with Gasteiger partial charge in [-0.1, -0.05) is 0 Å². The van der Waals surface area contributed by atoms with Crippen LogP contribution in [0.15, 0.2) is 12.1 Å². The summed E-state index contributed by atoms with van der Waals surface area (Å²) in [6.45, 7) is -0.154. The molecule has 0 fully saturated rings. The predicted molar refractivity (Wildman–Crippen MR) is 44.5 cm³/mol. The highest BCUT2D eigenvalue weighted by molar-refractivity contribution is 6.40. The summed E-state index contributed by atoms with van der Waals surface area (Å²) < 4.78 is 23.0.